The summed E-state index contributed by atoms with van der Waals surface area (Å²) in [4.78, 5) is 61.3. The summed E-state index contributed by atoms with van der Waals surface area (Å²) in [7, 11) is 0. The number of carbonyl (C=O) groups is 5. The molecule has 0 aromatic heterocycles. The Balaban J connectivity index is 4.74. The number of carbonyl (C=O) groups excluding carboxylic acids is 3. The van der Waals surface area contributed by atoms with E-state index in [0.717, 1.165) is 0 Å². The normalized spacial score (nSPS) is 13.3. The van der Waals surface area contributed by atoms with Crippen LogP contribution in [0.4, 0.5) is 0 Å². The molecule has 0 rings (SSSR count). The van der Waals surface area contributed by atoms with Crippen molar-refractivity contribution >= 4 is 35.6 Å². The van der Waals surface area contributed by atoms with Crippen LogP contribution in [0.2, 0.25) is 0 Å². The molecular formula is C15H27N7O8. The van der Waals surface area contributed by atoms with Crippen LogP contribution in [-0.2, 0) is 24.0 Å². The van der Waals surface area contributed by atoms with Crippen molar-refractivity contribution in [1.29, 1.82) is 0 Å². The van der Waals surface area contributed by atoms with E-state index in [4.69, 9.17) is 32.5 Å². The molecule has 3 unspecified atom stereocenters. The number of aliphatic hydroxyl groups excluding tert-OH is 1. The summed E-state index contributed by atoms with van der Waals surface area (Å²) in [5.74, 6) is -5.73. The molecule has 0 fully saturated rings. The zero-order valence-electron chi connectivity index (χ0n) is 16.0. The monoisotopic (exact) mass is 433 g/mol. The number of aliphatic carboxylic acids is 2. The maximum Gasteiger partial charge on any atom is 0.328 e. The predicted octanol–water partition coefficient (Wildman–Crippen LogP) is -5.00. The molecule has 0 heterocycles. The predicted molar refractivity (Wildman–Crippen MR) is 102 cm³/mol. The van der Waals surface area contributed by atoms with Gasteiger partial charge >= 0.3 is 11.9 Å². The number of aliphatic imine (C=N–C) groups is 1. The van der Waals surface area contributed by atoms with Crippen LogP contribution in [-0.4, -0.2) is 88.8 Å². The minimum Gasteiger partial charge on any atom is -0.481 e. The van der Waals surface area contributed by atoms with E-state index in [2.05, 4.69) is 15.6 Å². The van der Waals surface area contributed by atoms with Crippen LogP contribution in [0.3, 0.4) is 0 Å². The molecule has 0 saturated carbocycles. The summed E-state index contributed by atoms with van der Waals surface area (Å²) in [5.41, 5.74) is 16.0. The lowest BCUT2D eigenvalue weighted by molar-refractivity contribution is -0.143. The number of rotatable bonds is 14. The summed E-state index contributed by atoms with van der Waals surface area (Å²) >= 11 is 0. The maximum absolute atomic E-state index is 12.1. The fourth-order valence-corrected chi connectivity index (χ4v) is 2.03. The third-order valence-corrected chi connectivity index (χ3v) is 3.56. The Bertz CT molecular complexity index is 665. The zero-order valence-corrected chi connectivity index (χ0v) is 16.0. The topological polar surface area (TPSA) is 273 Å². The highest BCUT2D eigenvalue weighted by Crippen LogP contribution is 1.99. The van der Waals surface area contributed by atoms with Crippen molar-refractivity contribution in [3.8, 4) is 0 Å². The average Bonchev–Trinajstić information content (AvgIpc) is 2.65. The van der Waals surface area contributed by atoms with Crippen LogP contribution in [0.5, 0.6) is 0 Å². The van der Waals surface area contributed by atoms with Crippen molar-refractivity contribution in [2.45, 2.75) is 37.4 Å². The second kappa shape index (κ2) is 13.7. The van der Waals surface area contributed by atoms with E-state index >= 15 is 0 Å². The first-order valence-electron chi connectivity index (χ1n) is 8.71. The van der Waals surface area contributed by atoms with Gasteiger partial charge in [-0.1, -0.05) is 0 Å². The fourth-order valence-electron chi connectivity index (χ4n) is 2.03. The van der Waals surface area contributed by atoms with Crippen molar-refractivity contribution in [3.63, 3.8) is 0 Å². The molecular weight excluding hydrogens is 406 g/mol. The molecule has 0 aliphatic rings. The average molecular weight is 433 g/mol. The van der Waals surface area contributed by atoms with Gasteiger partial charge in [-0.15, -0.1) is 0 Å². The highest BCUT2D eigenvalue weighted by Gasteiger charge is 2.27. The first-order valence-corrected chi connectivity index (χ1v) is 8.71. The van der Waals surface area contributed by atoms with Crippen LogP contribution < -0.4 is 33.2 Å². The minimum atomic E-state index is -1.57. The standard InChI is InChI=1S/C15H27N7O8/c16-7(2-1-3-19-15(17)18)12(27)22-8(4-11(25)26)13(28)20-5-10(24)21-9(6-23)14(29)30/h7-9,23H,1-6,16H2,(H,20,28)(H,21,24)(H,22,27)(H,25,26)(H,29,30)(H4,17,18,19). The van der Waals surface area contributed by atoms with Crippen molar-refractivity contribution in [2.75, 3.05) is 19.7 Å². The van der Waals surface area contributed by atoms with Crippen LogP contribution in [0.25, 0.3) is 0 Å². The van der Waals surface area contributed by atoms with Gasteiger partial charge < -0.3 is 48.5 Å². The lowest BCUT2D eigenvalue weighted by atomic mass is 10.1. The van der Waals surface area contributed by atoms with Crippen molar-refractivity contribution < 1.29 is 39.3 Å². The van der Waals surface area contributed by atoms with Gasteiger partial charge in [0, 0.05) is 6.54 Å². The Labute approximate surface area is 171 Å². The van der Waals surface area contributed by atoms with E-state index in [0.29, 0.717) is 6.42 Å². The Morgan fingerprint density at radius 2 is 1.60 bits per heavy atom. The van der Waals surface area contributed by atoms with E-state index in [1.807, 2.05) is 5.32 Å². The number of hydrogen-bond donors (Lipinski definition) is 9. The quantitative estimate of drug-likeness (QED) is 0.0710. The molecule has 0 aromatic rings. The number of nitrogens with two attached hydrogens (primary N) is 3. The van der Waals surface area contributed by atoms with E-state index in [1.54, 1.807) is 0 Å². The molecule has 0 aliphatic carbocycles. The number of nitrogens with zero attached hydrogens (tertiary/aromatic N) is 1. The smallest absolute Gasteiger partial charge is 0.328 e. The van der Waals surface area contributed by atoms with Gasteiger partial charge in [0.25, 0.3) is 0 Å². The van der Waals surface area contributed by atoms with Gasteiger partial charge in [0.1, 0.15) is 12.1 Å². The van der Waals surface area contributed by atoms with Crippen molar-refractivity contribution in [3.05, 3.63) is 0 Å². The molecule has 0 aliphatic heterocycles. The van der Waals surface area contributed by atoms with E-state index < -0.39 is 67.4 Å². The molecule has 12 N–H and O–H groups in total. The highest BCUT2D eigenvalue weighted by atomic mass is 16.4. The lowest BCUT2D eigenvalue weighted by Gasteiger charge is -2.19. The molecule has 0 aromatic carbocycles. The Kier molecular flexibility index (Phi) is 12.1. The first-order chi connectivity index (χ1) is 14.0. The van der Waals surface area contributed by atoms with Crippen LogP contribution >= 0.6 is 0 Å². The SMILES string of the molecule is NC(N)=NCCCC(N)C(=O)NC(CC(=O)O)C(=O)NCC(=O)NC(CO)C(=O)O. The number of nitrogens with one attached hydrogen (secondary N) is 3. The highest BCUT2D eigenvalue weighted by molar-refractivity contribution is 5.94. The second-order valence-electron chi connectivity index (χ2n) is 6.07. The summed E-state index contributed by atoms with van der Waals surface area (Å²) in [6.45, 7) is -1.35. The number of carboxylic acid groups (broad SMARTS) is 2. The third-order valence-electron chi connectivity index (χ3n) is 3.56. The van der Waals surface area contributed by atoms with Gasteiger partial charge in [-0.3, -0.25) is 24.2 Å². The zero-order chi connectivity index (χ0) is 23.3. The van der Waals surface area contributed by atoms with Gasteiger partial charge in [-0.2, -0.15) is 0 Å². The van der Waals surface area contributed by atoms with E-state index in [1.165, 1.54) is 0 Å². The molecule has 3 amide bonds. The molecule has 30 heavy (non-hydrogen) atoms. The molecule has 0 bridgehead atoms. The first kappa shape index (κ1) is 26.5. The number of amides is 3. The summed E-state index contributed by atoms with van der Waals surface area (Å²) < 4.78 is 0. The molecule has 0 radical (unpaired) electrons. The molecule has 15 heteroatoms. The second-order valence-corrected chi connectivity index (χ2v) is 6.07. The van der Waals surface area contributed by atoms with Gasteiger partial charge in [-0.05, 0) is 12.8 Å². The summed E-state index contributed by atoms with van der Waals surface area (Å²) in [6.07, 6.45) is -0.267. The van der Waals surface area contributed by atoms with Crippen LogP contribution in [0, 0.1) is 0 Å². The van der Waals surface area contributed by atoms with Gasteiger partial charge in [-0.25, -0.2) is 4.79 Å². The largest absolute Gasteiger partial charge is 0.481 e. The molecule has 0 saturated heterocycles. The van der Waals surface area contributed by atoms with E-state index in [9.17, 15) is 24.0 Å². The molecule has 15 nitrogen and oxygen atoms in total. The van der Waals surface area contributed by atoms with E-state index in [-0.39, 0.29) is 18.9 Å². The lowest BCUT2D eigenvalue weighted by Crippen LogP contribution is -2.54. The Morgan fingerprint density at radius 3 is 2.10 bits per heavy atom. The van der Waals surface area contributed by atoms with Gasteiger partial charge in [0.05, 0.1) is 25.6 Å². The molecule has 3 atom stereocenters. The molecule has 0 spiro atoms. The number of guanidine groups is 1. The number of aliphatic hydroxyl groups is 1. The fraction of sp³-hybridized carbons (Fsp3) is 0.600. The summed E-state index contributed by atoms with van der Waals surface area (Å²) in [5, 5.41) is 32.7. The number of hydrogen-bond acceptors (Lipinski definition) is 8. The Hall–Kier alpha value is -3.46. The van der Waals surface area contributed by atoms with Crippen LogP contribution in [0.15, 0.2) is 4.99 Å². The number of carboxylic acids is 2. The van der Waals surface area contributed by atoms with Gasteiger partial charge in [0.15, 0.2) is 5.96 Å². The minimum absolute atomic E-state index is 0.121. The summed E-state index contributed by atoms with van der Waals surface area (Å²) in [6, 6.07) is -4.16. The van der Waals surface area contributed by atoms with Crippen LogP contribution in [0.1, 0.15) is 19.3 Å². The maximum atomic E-state index is 12.1. The Morgan fingerprint density at radius 1 is 0.967 bits per heavy atom. The van der Waals surface area contributed by atoms with Crippen molar-refractivity contribution in [1.82, 2.24) is 16.0 Å². The van der Waals surface area contributed by atoms with Crippen molar-refractivity contribution in [2.24, 2.45) is 22.2 Å². The van der Waals surface area contributed by atoms with Gasteiger partial charge in [0.2, 0.25) is 17.7 Å². The third kappa shape index (κ3) is 11.4. The molecule has 170 valence electrons.